The summed E-state index contributed by atoms with van der Waals surface area (Å²) in [4.78, 5) is 0.102. The largest absolute Gasteiger partial charge is 0.504 e. The van der Waals surface area contributed by atoms with Crippen molar-refractivity contribution < 1.29 is 19.5 Å². The zero-order valence-electron chi connectivity index (χ0n) is 6.31. The lowest BCUT2D eigenvalue weighted by molar-refractivity contribution is 0.361. The van der Waals surface area contributed by atoms with Crippen molar-refractivity contribution in [3.63, 3.8) is 0 Å². The molecule has 0 radical (unpaired) electrons. The van der Waals surface area contributed by atoms with Crippen molar-refractivity contribution in [1.82, 2.24) is 0 Å². The third-order valence-corrected chi connectivity index (χ3v) is 2.35. The van der Waals surface area contributed by atoms with E-state index in [1.54, 1.807) is 0 Å². The fourth-order valence-electron chi connectivity index (χ4n) is 0.782. The first-order chi connectivity index (χ1) is 5.54. The van der Waals surface area contributed by atoms with Gasteiger partial charge in [-0.3, -0.25) is 4.21 Å². The molecule has 0 saturated carbocycles. The van der Waals surface area contributed by atoms with Crippen molar-refractivity contribution >= 4 is 10.8 Å². The van der Waals surface area contributed by atoms with E-state index in [1.165, 1.54) is 18.4 Å². The molecule has 0 saturated heterocycles. The fraction of sp³-hybridized carbons (Fsp3) is 0.143. The highest BCUT2D eigenvalue weighted by Gasteiger charge is 2.12. The van der Waals surface area contributed by atoms with Gasteiger partial charge in [-0.15, -0.1) is 0 Å². The van der Waals surface area contributed by atoms with E-state index in [1.807, 2.05) is 0 Å². The fourth-order valence-corrected chi connectivity index (χ4v) is 1.41. The molecule has 0 aliphatic rings. The van der Waals surface area contributed by atoms with Crippen LogP contribution in [0.5, 0.6) is 17.2 Å². The van der Waals surface area contributed by atoms with Gasteiger partial charge in [0, 0.05) is 6.26 Å². The van der Waals surface area contributed by atoms with Crippen LogP contribution in [0.15, 0.2) is 17.0 Å². The second-order valence-corrected chi connectivity index (χ2v) is 3.58. The van der Waals surface area contributed by atoms with Crippen LogP contribution in [0.2, 0.25) is 0 Å². The molecule has 0 bridgehead atoms. The number of benzene rings is 1. The van der Waals surface area contributed by atoms with Crippen LogP contribution in [0.25, 0.3) is 0 Å². The van der Waals surface area contributed by atoms with Gasteiger partial charge in [0.05, 0.1) is 15.7 Å². The lowest BCUT2D eigenvalue weighted by Crippen LogP contribution is -1.87. The van der Waals surface area contributed by atoms with Crippen molar-refractivity contribution in [2.24, 2.45) is 0 Å². The maximum atomic E-state index is 10.9. The minimum absolute atomic E-state index is 0.102. The highest BCUT2D eigenvalue weighted by atomic mass is 32.2. The van der Waals surface area contributed by atoms with Crippen molar-refractivity contribution in [1.29, 1.82) is 0 Å². The molecular weight excluding hydrogens is 180 g/mol. The quantitative estimate of drug-likeness (QED) is 0.562. The maximum absolute atomic E-state index is 10.9. The van der Waals surface area contributed by atoms with Gasteiger partial charge < -0.3 is 15.3 Å². The normalized spacial score (nSPS) is 12.8. The highest BCUT2D eigenvalue weighted by molar-refractivity contribution is 7.84. The number of rotatable bonds is 1. The predicted molar refractivity (Wildman–Crippen MR) is 43.8 cm³/mol. The summed E-state index contributed by atoms with van der Waals surface area (Å²) < 4.78 is 10.9. The Morgan fingerprint density at radius 1 is 1.17 bits per heavy atom. The summed E-state index contributed by atoms with van der Waals surface area (Å²) in [6, 6.07) is 2.46. The maximum Gasteiger partial charge on any atom is 0.201 e. The first-order valence-electron chi connectivity index (χ1n) is 3.11. The summed E-state index contributed by atoms with van der Waals surface area (Å²) in [6.07, 6.45) is 1.37. The van der Waals surface area contributed by atoms with Crippen LogP contribution >= 0.6 is 0 Å². The minimum atomic E-state index is -1.38. The van der Waals surface area contributed by atoms with Gasteiger partial charge >= 0.3 is 0 Å². The number of phenolic OH excluding ortho intramolecular Hbond substituents is 3. The Labute approximate surface area is 71.6 Å². The second kappa shape index (κ2) is 3.02. The highest BCUT2D eigenvalue weighted by Crippen LogP contribution is 2.38. The summed E-state index contributed by atoms with van der Waals surface area (Å²) in [6.45, 7) is 0. The van der Waals surface area contributed by atoms with E-state index in [4.69, 9.17) is 15.3 Å². The standard InChI is InChI=1S/C7H8O4S/c1-12(11)5-3-2-4(8)6(9)7(5)10/h2-3,8-10H,1H3. The summed E-state index contributed by atoms with van der Waals surface area (Å²) in [5.74, 6) is -1.60. The number of hydrogen-bond donors (Lipinski definition) is 3. The Balaban J connectivity index is 3.36. The van der Waals surface area contributed by atoms with Crippen molar-refractivity contribution in [3.05, 3.63) is 12.1 Å². The van der Waals surface area contributed by atoms with Gasteiger partial charge in [0.25, 0.3) is 0 Å². The summed E-state index contributed by atoms with van der Waals surface area (Å²) in [5.41, 5.74) is 0. The lowest BCUT2D eigenvalue weighted by atomic mass is 10.3. The minimum Gasteiger partial charge on any atom is -0.504 e. The van der Waals surface area contributed by atoms with Crippen molar-refractivity contribution in [2.45, 2.75) is 4.90 Å². The molecule has 1 aromatic carbocycles. The van der Waals surface area contributed by atoms with E-state index in [9.17, 15) is 4.21 Å². The van der Waals surface area contributed by atoms with E-state index in [2.05, 4.69) is 0 Å². The number of hydrogen-bond acceptors (Lipinski definition) is 4. The molecule has 5 heteroatoms. The van der Waals surface area contributed by atoms with Crippen LogP contribution in [0.3, 0.4) is 0 Å². The molecule has 0 aliphatic heterocycles. The second-order valence-electron chi connectivity index (χ2n) is 2.23. The first-order valence-corrected chi connectivity index (χ1v) is 4.67. The molecule has 1 rings (SSSR count). The van der Waals surface area contributed by atoms with E-state index in [0.29, 0.717) is 0 Å². The SMILES string of the molecule is CS(=O)c1ccc(O)c(O)c1O. The van der Waals surface area contributed by atoms with E-state index < -0.39 is 28.0 Å². The molecule has 66 valence electrons. The Morgan fingerprint density at radius 2 is 1.75 bits per heavy atom. The number of aromatic hydroxyl groups is 3. The molecule has 1 atom stereocenters. The smallest absolute Gasteiger partial charge is 0.201 e. The van der Waals surface area contributed by atoms with Gasteiger partial charge in [-0.05, 0) is 12.1 Å². The molecule has 12 heavy (non-hydrogen) atoms. The Morgan fingerprint density at radius 3 is 2.25 bits per heavy atom. The monoisotopic (exact) mass is 188 g/mol. The molecule has 1 unspecified atom stereocenters. The molecule has 1 aromatic rings. The van der Waals surface area contributed by atoms with Crippen LogP contribution in [0.4, 0.5) is 0 Å². The summed E-state index contributed by atoms with van der Waals surface area (Å²) >= 11 is 0. The van der Waals surface area contributed by atoms with E-state index in [-0.39, 0.29) is 4.90 Å². The Bertz CT molecular complexity index is 334. The average Bonchev–Trinajstić information content (AvgIpc) is 2.00. The van der Waals surface area contributed by atoms with Crippen LogP contribution < -0.4 is 0 Å². The van der Waals surface area contributed by atoms with E-state index in [0.717, 1.165) is 0 Å². The third-order valence-electron chi connectivity index (χ3n) is 1.40. The number of phenols is 3. The molecule has 0 amide bonds. The van der Waals surface area contributed by atoms with Crippen LogP contribution in [-0.4, -0.2) is 25.8 Å². The Hall–Kier alpha value is -1.23. The van der Waals surface area contributed by atoms with Gasteiger partial charge in [-0.25, -0.2) is 0 Å². The molecule has 0 heterocycles. The van der Waals surface area contributed by atoms with Gasteiger partial charge in [0.15, 0.2) is 11.5 Å². The topological polar surface area (TPSA) is 77.8 Å². The molecular formula is C7H8O4S. The zero-order chi connectivity index (χ0) is 9.30. The molecule has 3 N–H and O–H groups in total. The molecule has 0 fully saturated rings. The van der Waals surface area contributed by atoms with Gasteiger partial charge in [-0.1, -0.05) is 0 Å². The molecule has 0 spiro atoms. The zero-order valence-corrected chi connectivity index (χ0v) is 7.13. The van der Waals surface area contributed by atoms with Gasteiger partial charge in [0.1, 0.15) is 0 Å². The van der Waals surface area contributed by atoms with Crippen molar-refractivity contribution in [2.75, 3.05) is 6.26 Å². The summed E-state index contributed by atoms with van der Waals surface area (Å²) in [5, 5.41) is 27.0. The molecule has 0 aromatic heterocycles. The predicted octanol–water partition coefficient (Wildman–Crippen LogP) is 0.541. The van der Waals surface area contributed by atoms with Crippen LogP contribution in [-0.2, 0) is 10.8 Å². The Kier molecular flexibility index (Phi) is 2.23. The average molecular weight is 188 g/mol. The van der Waals surface area contributed by atoms with E-state index >= 15 is 0 Å². The van der Waals surface area contributed by atoms with Crippen LogP contribution in [0.1, 0.15) is 0 Å². The lowest BCUT2D eigenvalue weighted by Gasteiger charge is -2.03. The van der Waals surface area contributed by atoms with Crippen LogP contribution in [0, 0.1) is 0 Å². The third kappa shape index (κ3) is 1.35. The molecule has 4 nitrogen and oxygen atoms in total. The van der Waals surface area contributed by atoms with Gasteiger partial charge in [-0.2, -0.15) is 0 Å². The first kappa shape index (κ1) is 8.86. The summed E-state index contributed by atoms with van der Waals surface area (Å²) in [7, 11) is -1.38. The molecule has 0 aliphatic carbocycles. The van der Waals surface area contributed by atoms with Gasteiger partial charge in [0.2, 0.25) is 5.75 Å². The van der Waals surface area contributed by atoms with Crippen molar-refractivity contribution in [3.8, 4) is 17.2 Å².